The van der Waals surface area contributed by atoms with Crippen molar-refractivity contribution >= 4 is 10.8 Å². The van der Waals surface area contributed by atoms with Gasteiger partial charge in [-0.1, -0.05) is 12.1 Å². The van der Waals surface area contributed by atoms with Gasteiger partial charge in [-0.25, -0.2) is 4.98 Å². The van der Waals surface area contributed by atoms with Crippen molar-refractivity contribution in [1.82, 2.24) is 15.2 Å². The molecule has 3 rings (SSSR count). The lowest BCUT2D eigenvalue weighted by Crippen LogP contribution is -2.44. The molecule has 1 N–H and O–H groups in total. The number of methoxy groups -OCH3 is 1. The summed E-state index contributed by atoms with van der Waals surface area (Å²) >= 11 is 0. The molecule has 20 heavy (non-hydrogen) atoms. The summed E-state index contributed by atoms with van der Waals surface area (Å²) in [5.74, 6) is 0.705. The van der Waals surface area contributed by atoms with E-state index in [0.717, 1.165) is 44.5 Å². The van der Waals surface area contributed by atoms with Gasteiger partial charge in [-0.05, 0) is 29.5 Å². The van der Waals surface area contributed by atoms with Gasteiger partial charge in [0.1, 0.15) is 0 Å². The highest BCUT2D eigenvalue weighted by Crippen LogP contribution is 2.23. The standard InChI is InChI=1S/C16H21N3O/c1-20-16-15-3-2-13(12-14(15)4-6-18-16)5-9-19-10-7-17-8-11-19/h2-4,6,12,17H,5,7-11H2,1H3. The van der Waals surface area contributed by atoms with E-state index in [2.05, 4.69) is 33.4 Å². The fraction of sp³-hybridized carbons (Fsp3) is 0.438. The van der Waals surface area contributed by atoms with Crippen molar-refractivity contribution in [2.75, 3.05) is 39.8 Å². The van der Waals surface area contributed by atoms with Crippen LogP contribution in [0.4, 0.5) is 0 Å². The molecule has 0 amide bonds. The van der Waals surface area contributed by atoms with Crippen molar-refractivity contribution in [2.24, 2.45) is 0 Å². The van der Waals surface area contributed by atoms with Crippen LogP contribution in [0.5, 0.6) is 5.88 Å². The maximum Gasteiger partial charge on any atom is 0.221 e. The minimum Gasteiger partial charge on any atom is -0.481 e. The van der Waals surface area contributed by atoms with Crippen LogP contribution in [0.2, 0.25) is 0 Å². The summed E-state index contributed by atoms with van der Waals surface area (Å²) in [6.45, 7) is 5.67. The Bertz CT molecular complexity index is 579. The molecule has 1 fully saturated rings. The van der Waals surface area contributed by atoms with Gasteiger partial charge in [0.2, 0.25) is 5.88 Å². The molecular formula is C16H21N3O. The quantitative estimate of drug-likeness (QED) is 0.918. The van der Waals surface area contributed by atoms with Crippen molar-refractivity contribution in [2.45, 2.75) is 6.42 Å². The van der Waals surface area contributed by atoms with Gasteiger partial charge in [0.05, 0.1) is 7.11 Å². The molecule has 0 aliphatic carbocycles. The van der Waals surface area contributed by atoms with Gasteiger partial charge >= 0.3 is 0 Å². The van der Waals surface area contributed by atoms with E-state index in [1.807, 2.05) is 6.07 Å². The number of hydrogen-bond acceptors (Lipinski definition) is 4. The Kier molecular flexibility index (Phi) is 4.14. The number of hydrogen-bond donors (Lipinski definition) is 1. The zero-order valence-corrected chi connectivity index (χ0v) is 11.9. The molecule has 106 valence electrons. The Labute approximate surface area is 119 Å². The van der Waals surface area contributed by atoms with Gasteiger partial charge in [-0.2, -0.15) is 0 Å². The molecule has 0 radical (unpaired) electrons. The lowest BCUT2D eigenvalue weighted by Gasteiger charge is -2.27. The van der Waals surface area contributed by atoms with E-state index in [0.29, 0.717) is 5.88 Å². The Hall–Kier alpha value is -1.65. The van der Waals surface area contributed by atoms with Crippen molar-refractivity contribution in [3.05, 3.63) is 36.0 Å². The van der Waals surface area contributed by atoms with E-state index in [1.165, 1.54) is 10.9 Å². The van der Waals surface area contributed by atoms with E-state index in [1.54, 1.807) is 13.3 Å². The Morgan fingerprint density at radius 2 is 2.10 bits per heavy atom. The van der Waals surface area contributed by atoms with Gasteiger partial charge in [0.15, 0.2) is 0 Å². The SMILES string of the molecule is COc1nccc2cc(CCN3CCNCC3)ccc12. The molecule has 0 bridgehead atoms. The highest BCUT2D eigenvalue weighted by molar-refractivity contribution is 5.87. The number of rotatable bonds is 4. The average Bonchev–Trinajstić information content (AvgIpc) is 2.53. The Morgan fingerprint density at radius 1 is 1.25 bits per heavy atom. The number of piperazine rings is 1. The minimum absolute atomic E-state index is 0.705. The largest absolute Gasteiger partial charge is 0.481 e. The number of nitrogens with zero attached hydrogens (tertiary/aromatic N) is 2. The monoisotopic (exact) mass is 271 g/mol. The molecule has 0 atom stereocenters. The highest BCUT2D eigenvalue weighted by Gasteiger charge is 2.09. The maximum atomic E-state index is 5.30. The van der Waals surface area contributed by atoms with Crippen LogP contribution in [0.1, 0.15) is 5.56 Å². The second-order valence-electron chi connectivity index (χ2n) is 5.22. The molecule has 1 aromatic heterocycles. The van der Waals surface area contributed by atoms with Crippen LogP contribution in [-0.4, -0.2) is 49.7 Å². The summed E-state index contributed by atoms with van der Waals surface area (Å²) in [6.07, 6.45) is 2.90. The second-order valence-corrected chi connectivity index (χ2v) is 5.22. The molecule has 4 nitrogen and oxygen atoms in total. The number of aromatic nitrogens is 1. The maximum absolute atomic E-state index is 5.30. The topological polar surface area (TPSA) is 37.4 Å². The zero-order chi connectivity index (χ0) is 13.8. The van der Waals surface area contributed by atoms with Crippen molar-refractivity contribution < 1.29 is 4.74 Å². The fourth-order valence-corrected chi connectivity index (χ4v) is 2.74. The number of nitrogens with one attached hydrogen (secondary N) is 1. The first-order valence-corrected chi connectivity index (χ1v) is 7.21. The molecule has 1 aromatic carbocycles. The van der Waals surface area contributed by atoms with E-state index < -0.39 is 0 Å². The third kappa shape index (κ3) is 2.92. The summed E-state index contributed by atoms with van der Waals surface area (Å²) in [7, 11) is 1.67. The Balaban J connectivity index is 1.72. The molecule has 2 aromatic rings. The normalized spacial score (nSPS) is 16.4. The van der Waals surface area contributed by atoms with Crippen LogP contribution in [0.25, 0.3) is 10.8 Å². The first-order chi connectivity index (χ1) is 9.86. The van der Waals surface area contributed by atoms with Crippen LogP contribution >= 0.6 is 0 Å². The summed E-state index contributed by atoms with van der Waals surface area (Å²) in [5, 5.41) is 5.67. The summed E-state index contributed by atoms with van der Waals surface area (Å²) in [6, 6.07) is 8.61. The third-order valence-electron chi connectivity index (χ3n) is 3.91. The predicted molar refractivity (Wildman–Crippen MR) is 81.3 cm³/mol. The van der Waals surface area contributed by atoms with Crippen molar-refractivity contribution in [3.8, 4) is 5.88 Å². The fourth-order valence-electron chi connectivity index (χ4n) is 2.74. The van der Waals surface area contributed by atoms with E-state index in [9.17, 15) is 0 Å². The van der Waals surface area contributed by atoms with Gasteiger partial charge in [-0.15, -0.1) is 0 Å². The smallest absolute Gasteiger partial charge is 0.221 e. The molecule has 1 saturated heterocycles. The number of fused-ring (bicyclic) bond motifs is 1. The van der Waals surface area contributed by atoms with Crippen LogP contribution in [0, 0.1) is 0 Å². The molecule has 2 heterocycles. The molecule has 0 spiro atoms. The molecular weight excluding hydrogens is 250 g/mol. The van der Waals surface area contributed by atoms with E-state index >= 15 is 0 Å². The summed E-state index contributed by atoms with van der Waals surface area (Å²) in [5.41, 5.74) is 1.38. The molecule has 1 aliphatic rings. The van der Waals surface area contributed by atoms with Crippen LogP contribution < -0.4 is 10.1 Å². The third-order valence-corrected chi connectivity index (χ3v) is 3.91. The molecule has 4 heteroatoms. The molecule has 0 saturated carbocycles. The first kappa shape index (κ1) is 13.3. The highest BCUT2D eigenvalue weighted by atomic mass is 16.5. The number of benzene rings is 1. The number of pyridine rings is 1. The van der Waals surface area contributed by atoms with Crippen LogP contribution in [0.3, 0.4) is 0 Å². The summed E-state index contributed by atoms with van der Waals surface area (Å²) < 4.78 is 5.30. The zero-order valence-electron chi connectivity index (χ0n) is 11.9. The Morgan fingerprint density at radius 3 is 2.90 bits per heavy atom. The minimum atomic E-state index is 0.705. The van der Waals surface area contributed by atoms with Crippen molar-refractivity contribution in [3.63, 3.8) is 0 Å². The molecule has 1 aliphatic heterocycles. The van der Waals surface area contributed by atoms with Gasteiger partial charge in [-0.3, -0.25) is 0 Å². The second kappa shape index (κ2) is 6.20. The van der Waals surface area contributed by atoms with E-state index in [-0.39, 0.29) is 0 Å². The average molecular weight is 271 g/mol. The lowest BCUT2D eigenvalue weighted by molar-refractivity contribution is 0.244. The predicted octanol–water partition coefficient (Wildman–Crippen LogP) is 1.69. The number of ether oxygens (including phenoxy) is 1. The van der Waals surface area contributed by atoms with Crippen LogP contribution in [0.15, 0.2) is 30.5 Å². The van der Waals surface area contributed by atoms with E-state index in [4.69, 9.17) is 4.74 Å². The molecule has 0 unspecified atom stereocenters. The lowest BCUT2D eigenvalue weighted by atomic mass is 10.1. The first-order valence-electron chi connectivity index (χ1n) is 7.21. The summed E-state index contributed by atoms with van der Waals surface area (Å²) in [4.78, 5) is 6.76. The van der Waals surface area contributed by atoms with Crippen LogP contribution in [-0.2, 0) is 6.42 Å². The van der Waals surface area contributed by atoms with Gasteiger partial charge in [0.25, 0.3) is 0 Å². The van der Waals surface area contributed by atoms with Crippen molar-refractivity contribution in [1.29, 1.82) is 0 Å². The van der Waals surface area contributed by atoms with Gasteiger partial charge < -0.3 is 15.0 Å². The van der Waals surface area contributed by atoms with Gasteiger partial charge in [0, 0.05) is 44.3 Å².